The molecule has 114 valence electrons. The van der Waals surface area contributed by atoms with Crippen molar-refractivity contribution in [3.05, 3.63) is 24.3 Å². The first-order valence-electron chi connectivity index (χ1n) is 6.93. The molecule has 1 atom stereocenters. The Hall–Kier alpha value is -1.75. The van der Waals surface area contributed by atoms with E-state index >= 15 is 0 Å². The molecule has 1 aromatic rings. The van der Waals surface area contributed by atoms with Gasteiger partial charge < -0.3 is 15.0 Å². The number of nitrogens with zero attached hydrogens (tertiary/aromatic N) is 1. The van der Waals surface area contributed by atoms with E-state index in [1.165, 1.54) is 0 Å². The Morgan fingerprint density at radius 2 is 2.14 bits per heavy atom. The third-order valence-corrected chi connectivity index (χ3v) is 3.68. The number of carbonyl (C=O) groups is 2. The number of anilines is 1. The molecule has 0 bridgehead atoms. The summed E-state index contributed by atoms with van der Waals surface area (Å²) in [6, 6.07) is 7.18. The van der Waals surface area contributed by atoms with Gasteiger partial charge in [0.15, 0.2) is 0 Å². The summed E-state index contributed by atoms with van der Waals surface area (Å²) in [5, 5.41) is 2.88. The molecule has 1 saturated heterocycles. The van der Waals surface area contributed by atoms with Crippen molar-refractivity contribution in [3.8, 4) is 5.75 Å². The lowest BCUT2D eigenvalue weighted by Gasteiger charge is -2.17. The second-order valence-corrected chi connectivity index (χ2v) is 5.34. The molecule has 0 spiro atoms. The number of halogens is 1. The van der Waals surface area contributed by atoms with E-state index in [9.17, 15) is 9.59 Å². The zero-order valence-corrected chi connectivity index (χ0v) is 12.7. The standard InChI is InChI=1S/C15H19ClN2O3/c1-21-13-6-4-12(5-7-13)18-10-11(9-15(18)20)17-14(19)3-2-8-16/h4-7,11H,2-3,8-10H2,1H3,(H,17,19). The van der Waals surface area contributed by atoms with Crippen molar-refractivity contribution >= 4 is 29.1 Å². The SMILES string of the molecule is COc1ccc(N2CC(NC(=O)CCCCl)CC2=O)cc1. The van der Waals surface area contributed by atoms with Crippen LogP contribution in [0, 0.1) is 0 Å². The number of methoxy groups -OCH3 is 1. The van der Waals surface area contributed by atoms with E-state index in [1.54, 1.807) is 12.0 Å². The van der Waals surface area contributed by atoms with Crippen LogP contribution in [0.4, 0.5) is 5.69 Å². The fourth-order valence-electron chi connectivity index (χ4n) is 2.34. The lowest BCUT2D eigenvalue weighted by Crippen LogP contribution is -2.37. The van der Waals surface area contributed by atoms with Crippen molar-refractivity contribution in [1.82, 2.24) is 5.32 Å². The minimum atomic E-state index is -0.137. The average Bonchev–Trinajstić information content (AvgIpc) is 2.85. The third kappa shape index (κ3) is 4.11. The number of hydrogen-bond donors (Lipinski definition) is 1. The number of benzene rings is 1. The number of nitrogens with one attached hydrogen (secondary N) is 1. The van der Waals surface area contributed by atoms with Crippen LogP contribution >= 0.6 is 11.6 Å². The summed E-state index contributed by atoms with van der Waals surface area (Å²) in [6.07, 6.45) is 1.38. The molecule has 0 saturated carbocycles. The average molecular weight is 311 g/mol. The van der Waals surface area contributed by atoms with Crippen molar-refractivity contribution in [2.45, 2.75) is 25.3 Å². The molecule has 1 aliphatic heterocycles. The van der Waals surface area contributed by atoms with E-state index < -0.39 is 0 Å². The second kappa shape index (κ2) is 7.31. The first-order chi connectivity index (χ1) is 10.1. The molecule has 6 heteroatoms. The lowest BCUT2D eigenvalue weighted by molar-refractivity contribution is -0.121. The Bertz CT molecular complexity index is 504. The molecule has 21 heavy (non-hydrogen) atoms. The molecule has 5 nitrogen and oxygen atoms in total. The van der Waals surface area contributed by atoms with Gasteiger partial charge in [0, 0.05) is 31.0 Å². The van der Waals surface area contributed by atoms with Gasteiger partial charge in [-0.2, -0.15) is 0 Å². The van der Waals surface area contributed by atoms with Gasteiger partial charge in [-0.25, -0.2) is 0 Å². The Balaban J connectivity index is 1.94. The third-order valence-electron chi connectivity index (χ3n) is 3.41. The first-order valence-corrected chi connectivity index (χ1v) is 7.47. The van der Waals surface area contributed by atoms with Gasteiger partial charge in [0.2, 0.25) is 11.8 Å². The van der Waals surface area contributed by atoms with Gasteiger partial charge in [0.05, 0.1) is 13.2 Å². The summed E-state index contributed by atoms with van der Waals surface area (Å²) in [7, 11) is 1.60. The van der Waals surface area contributed by atoms with Gasteiger partial charge in [-0.1, -0.05) is 0 Å². The highest BCUT2D eigenvalue weighted by atomic mass is 35.5. The van der Waals surface area contributed by atoms with Crippen molar-refractivity contribution in [1.29, 1.82) is 0 Å². The van der Waals surface area contributed by atoms with Gasteiger partial charge in [-0.3, -0.25) is 9.59 Å². The molecule has 0 aromatic heterocycles. The van der Waals surface area contributed by atoms with Crippen molar-refractivity contribution in [2.24, 2.45) is 0 Å². The highest BCUT2D eigenvalue weighted by molar-refractivity contribution is 6.17. The summed E-state index contributed by atoms with van der Waals surface area (Å²) < 4.78 is 5.10. The molecule has 1 aromatic carbocycles. The number of ether oxygens (including phenoxy) is 1. The van der Waals surface area contributed by atoms with Gasteiger partial charge in [0.1, 0.15) is 5.75 Å². The molecule has 0 radical (unpaired) electrons. The summed E-state index contributed by atoms with van der Waals surface area (Å²) >= 11 is 5.56. The van der Waals surface area contributed by atoms with Crippen molar-refractivity contribution < 1.29 is 14.3 Å². The predicted molar refractivity (Wildman–Crippen MR) is 81.8 cm³/mol. The van der Waals surface area contributed by atoms with Crippen LogP contribution in [0.1, 0.15) is 19.3 Å². The number of rotatable bonds is 6. The predicted octanol–water partition coefficient (Wildman–Crippen LogP) is 1.94. The second-order valence-electron chi connectivity index (χ2n) is 4.96. The van der Waals surface area contributed by atoms with Crippen LogP contribution in [0.3, 0.4) is 0 Å². The molecule has 1 heterocycles. The van der Waals surface area contributed by atoms with Crippen LogP contribution in [0.15, 0.2) is 24.3 Å². The molecule has 2 amide bonds. The Morgan fingerprint density at radius 3 is 2.76 bits per heavy atom. The molecular formula is C15H19ClN2O3. The minimum Gasteiger partial charge on any atom is -0.497 e. The van der Waals surface area contributed by atoms with Crippen molar-refractivity contribution in [2.75, 3.05) is 24.4 Å². The van der Waals surface area contributed by atoms with E-state index in [2.05, 4.69) is 5.32 Å². The van der Waals surface area contributed by atoms with E-state index in [4.69, 9.17) is 16.3 Å². The number of amides is 2. The topological polar surface area (TPSA) is 58.6 Å². The van der Waals surface area contributed by atoms with Crippen LogP contribution < -0.4 is 15.0 Å². The van der Waals surface area contributed by atoms with Crippen LogP contribution in [-0.2, 0) is 9.59 Å². The number of hydrogen-bond acceptors (Lipinski definition) is 3. The zero-order chi connectivity index (χ0) is 15.2. The molecule has 1 aliphatic rings. The van der Waals surface area contributed by atoms with E-state index in [1.807, 2.05) is 24.3 Å². The maximum Gasteiger partial charge on any atom is 0.229 e. The summed E-state index contributed by atoms with van der Waals surface area (Å²) in [6.45, 7) is 0.498. The van der Waals surface area contributed by atoms with Crippen LogP contribution in [0.5, 0.6) is 5.75 Å². The summed E-state index contributed by atoms with van der Waals surface area (Å²) in [5.74, 6) is 1.18. The summed E-state index contributed by atoms with van der Waals surface area (Å²) in [4.78, 5) is 25.4. The normalized spacial score (nSPS) is 17.9. The number of alkyl halides is 1. The van der Waals surface area contributed by atoms with Gasteiger partial charge >= 0.3 is 0 Å². The Kier molecular flexibility index (Phi) is 5.44. The largest absolute Gasteiger partial charge is 0.497 e. The minimum absolute atomic E-state index is 0.0165. The molecule has 1 unspecified atom stereocenters. The highest BCUT2D eigenvalue weighted by Crippen LogP contribution is 2.24. The monoisotopic (exact) mass is 310 g/mol. The summed E-state index contributed by atoms with van der Waals surface area (Å²) in [5.41, 5.74) is 0.818. The van der Waals surface area contributed by atoms with Crippen LogP contribution in [0.25, 0.3) is 0 Å². The molecule has 0 aliphatic carbocycles. The van der Waals surface area contributed by atoms with Crippen LogP contribution in [-0.4, -0.2) is 37.4 Å². The number of carbonyl (C=O) groups excluding carboxylic acids is 2. The molecular weight excluding hydrogens is 292 g/mol. The zero-order valence-electron chi connectivity index (χ0n) is 12.0. The molecule has 2 rings (SSSR count). The lowest BCUT2D eigenvalue weighted by atomic mass is 10.2. The van der Waals surface area contributed by atoms with E-state index in [-0.39, 0.29) is 17.9 Å². The van der Waals surface area contributed by atoms with E-state index in [0.717, 1.165) is 11.4 Å². The van der Waals surface area contributed by atoms with Gasteiger partial charge in [0.25, 0.3) is 0 Å². The first kappa shape index (κ1) is 15.6. The van der Waals surface area contributed by atoms with Crippen LogP contribution in [0.2, 0.25) is 0 Å². The van der Waals surface area contributed by atoms with Crippen molar-refractivity contribution in [3.63, 3.8) is 0 Å². The highest BCUT2D eigenvalue weighted by Gasteiger charge is 2.31. The van der Waals surface area contributed by atoms with Gasteiger partial charge in [-0.15, -0.1) is 11.6 Å². The quantitative estimate of drug-likeness (QED) is 0.817. The van der Waals surface area contributed by atoms with Gasteiger partial charge in [-0.05, 0) is 30.7 Å². The smallest absolute Gasteiger partial charge is 0.229 e. The Labute approximate surface area is 129 Å². The maximum absolute atomic E-state index is 12.1. The fraction of sp³-hybridized carbons (Fsp3) is 0.467. The molecule has 1 N–H and O–H groups in total. The van der Waals surface area contributed by atoms with E-state index in [0.29, 0.717) is 31.7 Å². The Morgan fingerprint density at radius 1 is 1.43 bits per heavy atom. The molecule has 1 fully saturated rings. The fourth-order valence-corrected chi connectivity index (χ4v) is 2.48. The maximum atomic E-state index is 12.1.